The smallest absolute Gasteiger partial charge is 0.262 e. The number of piperidine rings is 1. The lowest BCUT2D eigenvalue weighted by Crippen LogP contribution is -2.39. The molecule has 2 aromatic rings. The number of likely N-dealkylation sites (tertiary alicyclic amines) is 1. The van der Waals surface area contributed by atoms with Crippen LogP contribution in [0.25, 0.3) is 10.9 Å². The van der Waals surface area contributed by atoms with E-state index in [1.54, 1.807) is 11.0 Å². The minimum atomic E-state index is -0.116. The van der Waals surface area contributed by atoms with Crippen molar-refractivity contribution in [3.63, 3.8) is 0 Å². The summed E-state index contributed by atoms with van der Waals surface area (Å²) in [6.07, 6.45) is 4.01. The first-order valence-corrected chi connectivity index (χ1v) is 7.37. The van der Waals surface area contributed by atoms with Gasteiger partial charge in [0, 0.05) is 17.4 Å². The maximum absolute atomic E-state index is 12.4. The molecule has 1 aromatic carbocycles. The summed E-state index contributed by atoms with van der Waals surface area (Å²) in [5.74, 6) is 0.109. The maximum atomic E-state index is 12.4. The number of aromatic nitrogens is 2. The first kappa shape index (κ1) is 13.3. The van der Waals surface area contributed by atoms with Crippen LogP contribution in [-0.2, 0) is 11.5 Å². The van der Waals surface area contributed by atoms with E-state index >= 15 is 0 Å². The Hall–Kier alpha value is -1.69. The fourth-order valence-electron chi connectivity index (χ4n) is 2.45. The van der Waals surface area contributed by atoms with Crippen molar-refractivity contribution in [3.05, 3.63) is 39.4 Å². The highest BCUT2D eigenvalue weighted by molar-refractivity contribution is 9.10. The van der Waals surface area contributed by atoms with E-state index in [0.29, 0.717) is 23.9 Å². The molecule has 0 spiro atoms. The molecule has 0 radical (unpaired) electrons. The molecule has 0 bridgehead atoms. The van der Waals surface area contributed by atoms with Gasteiger partial charge in [0.2, 0.25) is 5.91 Å². The number of fused-ring (bicyclic) bond motifs is 1. The standard InChI is InChI=1S/C14H14BrN3O2/c15-11-5-3-4-10-13(11)16-8-18(14(10)20)9-17-7-2-1-6-12(17)19/h3-5,8H,1-2,6-7,9H2. The third-order valence-corrected chi connectivity index (χ3v) is 4.19. The minimum absolute atomic E-state index is 0.109. The number of halogens is 1. The van der Waals surface area contributed by atoms with Gasteiger partial charge in [-0.15, -0.1) is 0 Å². The van der Waals surface area contributed by atoms with Gasteiger partial charge in [0.05, 0.1) is 17.2 Å². The quantitative estimate of drug-likeness (QED) is 0.844. The summed E-state index contributed by atoms with van der Waals surface area (Å²) in [7, 11) is 0. The molecule has 1 aliphatic heterocycles. The lowest BCUT2D eigenvalue weighted by molar-refractivity contribution is -0.135. The Morgan fingerprint density at radius 3 is 2.90 bits per heavy atom. The van der Waals surface area contributed by atoms with Crippen molar-refractivity contribution in [1.82, 2.24) is 14.5 Å². The predicted molar refractivity (Wildman–Crippen MR) is 79.3 cm³/mol. The molecule has 1 aliphatic rings. The molecule has 0 unspecified atom stereocenters. The fourth-order valence-corrected chi connectivity index (χ4v) is 2.92. The van der Waals surface area contributed by atoms with Crippen molar-refractivity contribution < 1.29 is 4.79 Å². The van der Waals surface area contributed by atoms with E-state index in [1.165, 1.54) is 10.9 Å². The summed E-state index contributed by atoms with van der Waals surface area (Å²) in [5, 5.41) is 0.561. The molecule has 6 heteroatoms. The topological polar surface area (TPSA) is 55.2 Å². The van der Waals surface area contributed by atoms with Gasteiger partial charge in [0.1, 0.15) is 6.67 Å². The number of rotatable bonds is 2. The van der Waals surface area contributed by atoms with Gasteiger partial charge < -0.3 is 4.90 Å². The second-order valence-electron chi connectivity index (χ2n) is 4.91. The van der Waals surface area contributed by atoms with Crippen LogP contribution in [0.1, 0.15) is 19.3 Å². The Bertz CT molecular complexity index is 726. The Morgan fingerprint density at radius 2 is 2.10 bits per heavy atom. The molecular formula is C14H14BrN3O2. The number of para-hydroxylation sites is 1. The van der Waals surface area contributed by atoms with Crippen LogP contribution < -0.4 is 5.56 Å². The van der Waals surface area contributed by atoms with E-state index in [2.05, 4.69) is 20.9 Å². The van der Waals surface area contributed by atoms with Gasteiger partial charge in [-0.2, -0.15) is 0 Å². The summed E-state index contributed by atoms with van der Waals surface area (Å²) in [5.41, 5.74) is 0.536. The number of hydrogen-bond acceptors (Lipinski definition) is 3. The van der Waals surface area contributed by atoms with Crippen molar-refractivity contribution in [2.45, 2.75) is 25.9 Å². The molecule has 1 aromatic heterocycles. The third-order valence-electron chi connectivity index (χ3n) is 3.55. The van der Waals surface area contributed by atoms with Crippen LogP contribution in [0.4, 0.5) is 0 Å². The molecule has 5 nitrogen and oxygen atoms in total. The van der Waals surface area contributed by atoms with Gasteiger partial charge in [-0.25, -0.2) is 4.98 Å². The van der Waals surface area contributed by atoms with Crippen LogP contribution in [0.15, 0.2) is 33.8 Å². The van der Waals surface area contributed by atoms with E-state index in [-0.39, 0.29) is 18.1 Å². The molecule has 104 valence electrons. The van der Waals surface area contributed by atoms with Crippen LogP contribution in [0.3, 0.4) is 0 Å². The molecule has 0 atom stereocenters. The number of amides is 1. The monoisotopic (exact) mass is 335 g/mol. The first-order valence-electron chi connectivity index (χ1n) is 6.58. The highest BCUT2D eigenvalue weighted by Gasteiger charge is 2.19. The molecule has 0 N–H and O–H groups in total. The van der Waals surface area contributed by atoms with Gasteiger partial charge >= 0.3 is 0 Å². The Balaban J connectivity index is 1.98. The molecule has 0 aliphatic carbocycles. The largest absolute Gasteiger partial charge is 0.324 e. The Kier molecular flexibility index (Phi) is 3.56. The summed E-state index contributed by atoms with van der Waals surface area (Å²) in [6, 6.07) is 5.42. The van der Waals surface area contributed by atoms with E-state index < -0.39 is 0 Å². The average Bonchev–Trinajstić information content (AvgIpc) is 2.45. The number of carbonyl (C=O) groups is 1. The van der Waals surface area contributed by atoms with Crippen molar-refractivity contribution in [1.29, 1.82) is 0 Å². The van der Waals surface area contributed by atoms with Crippen molar-refractivity contribution in [3.8, 4) is 0 Å². The van der Waals surface area contributed by atoms with Gasteiger partial charge in [-0.05, 0) is 40.9 Å². The van der Waals surface area contributed by atoms with Gasteiger partial charge in [-0.3, -0.25) is 14.2 Å². The normalized spacial score (nSPS) is 15.8. The minimum Gasteiger partial charge on any atom is -0.324 e. The average molecular weight is 336 g/mol. The van der Waals surface area contributed by atoms with Crippen LogP contribution >= 0.6 is 15.9 Å². The maximum Gasteiger partial charge on any atom is 0.262 e. The van der Waals surface area contributed by atoms with Crippen molar-refractivity contribution >= 4 is 32.7 Å². The predicted octanol–water partition coefficient (Wildman–Crippen LogP) is 2.13. The molecule has 1 amide bonds. The van der Waals surface area contributed by atoms with Gasteiger partial charge in [0.25, 0.3) is 5.56 Å². The molecule has 3 rings (SSSR count). The van der Waals surface area contributed by atoms with Crippen LogP contribution in [-0.4, -0.2) is 26.9 Å². The summed E-state index contributed by atoms with van der Waals surface area (Å²) in [4.78, 5) is 30.3. The molecule has 0 saturated carbocycles. The second-order valence-corrected chi connectivity index (χ2v) is 5.77. The fraction of sp³-hybridized carbons (Fsp3) is 0.357. The molecule has 2 heterocycles. The Morgan fingerprint density at radius 1 is 1.25 bits per heavy atom. The van der Waals surface area contributed by atoms with Gasteiger partial charge in [-0.1, -0.05) is 6.07 Å². The zero-order valence-corrected chi connectivity index (χ0v) is 12.5. The molecule has 1 fully saturated rings. The summed E-state index contributed by atoms with van der Waals surface area (Å²) in [6.45, 7) is 0.995. The number of benzene rings is 1. The number of carbonyl (C=O) groups excluding carboxylic acids is 1. The van der Waals surface area contributed by atoms with E-state index in [0.717, 1.165) is 17.3 Å². The summed E-state index contributed by atoms with van der Waals surface area (Å²) < 4.78 is 2.30. The van der Waals surface area contributed by atoms with Gasteiger partial charge in [0.15, 0.2) is 0 Å². The second kappa shape index (κ2) is 5.36. The highest BCUT2D eigenvalue weighted by Crippen LogP contribution is 2.19. The van der Waals surface area contributed by atoms with Crippen molar-refractivity contribution in [2.75, 3.05) is 6.54 Å². The SMILES string of the molecule is O=C1CCCCN1Cn1cnc2c(Br)cccc2c1=O. The highest BCUT2D eigenvalue weighted by atomic mass is 79.9. The number of nitrogens with zero attached hydrogens (tertiary/aromatic N) is 3. The first-order chi connectivity index (χ1) is 9.66. The molecule has 1 saturated heterocycles. The molecular weight excluding hydrogens is 322 g/mol. The van der Waals surface area contributed by atoms with Crippen LogP contribution in [0.2, 0.25) is 0 Å². The zero-order chi connectivity index (χ0) is 14.1. The van der Waals surface area contributed by atoms with E-state index in [4.69, 9.17) is 0 Å². The van der Waals surface area contributed by atoms with E-state index in [1.807, 2.05) is 12.1 Å². The van der Waals surface area contributed by atoms with Crippen LogP contribution in [0, 0.1) is 0 Å². The van der Waals surface area contributed by atoms with Crippen LogP contribution in [0.5, 0.6) is 0 Å². The Labute approximate surface area is 124 Å². The lowest BCUT2D eigenvalue weighted by atomic mass is 10.1. The molecule has 20 heavy (non-hydrogen) atoms. The van der Waals surface area contributed by atoms with Crippen molar-refractivity contribution in [2.24, 2.45) is 0 Å². The lowest BCUT2D eigenvalue weighted by Gasteiger charge is -2.27. The third kappa shape index (κ3) is 2.35. The zero-order valence-electron chi connectivity index (χ0n) is 10.9. The van der Waals surface area contributed by atoms with E-state index in [9.17, 15) is 9.59 Å². The number of hydrogen-bond donors (Lipinski definition) is 0. The summed E-state index contributed by atoms with van der Waals surface area (Å²) >= 11 is 3.39.